The number of aromatic nitrogens is 4. The molecular weight excluding hydrogens is 254 g/mol. The normalized spacial score (nSPS) is 10.9. The van der Waals surface area contributed by atoms with Crippen LogP contribution >= 0.6 is 0 Å². The third-order valence-corrected chi connectivity index (χ3v) is 3.08. The first-order chi connectivity index (χ1) is 9.63. The van der Waals surface area contributed by atoms with Gasteiger partial charge in [0.2, 0.25) is 0 Å². The van der Waals surface area contributed by atoms with Crippen molar-refractivity contribution in [2.45, 2.75) is 20.4 Å². The summed E-state index contributed by atoms with van der Waals surface area (Å²) in [6.45, 7) is 4.49. The molecule has 0 amide bonds. The van der Waals surface area contributed by atoms with Crippen LogP contribution in [0.1, 0.15) is 17.2 Å². The standard InChI is InChI=1S/C14H15N5O/c1-9-7-10(2)19-13(17-18-14(19)16-9)8-15-11-3-5-12(20)6-4-11/h3-7,15,20H,8H2,1-2H3. The Morgan fingerprint density at radius 1 is 1.15 bits per heavy atom. The van der Waals surface area contributed by atoms with Crippen molar-refractivity contribution in [2.24, 2.45) is 0 Å². The van der Waals surface area contributed by atoms with Crippen LogP contribution < -0.4 is 5.32 Å². The summed E-state index contributed by atoms with van der Waals surface area (Å²) in [5, 5.41) is 20.8. The third-order valence-electron chi connectivity index (χ3n) is 3.08. The molecule has 0 unspecified atom stereocenters. The number of hydrogen-bond donors (Lipinski definition) is 2. The summed E-state index contributed by atoms with van der Waals surface area (Å²) in [5.74, 6) is 1.67. The zero-order valence-corrected chi connectivity index (χ0v) is 11.3. The molecule has 0 aliphatic rings. The van der Waals surface area contributed by atoms with E-state index in [1.807, 2.05) is 36.4 Å². The molecule has 0 fully saturated rings. The van der Waals surface area contributed by atoms with E-state index in [2.05, 4.69) is 20.5 Å². The molecule has 2 aromatic heterocycles. The second kappa shape index (κ2) is 4.80. The molecule has 0 saturated carbocycles. The monoisotopic (exact) mass is 269 g/mol. The van der Waals surface area contributed by atoms with Gasteiger partial charge in [0, 0.05) is 17.1 Å². The molecule has 2 N–H and O–H groups in total. The summed E-state index contributed by atoms with van der Waals surface area (Å²) in [6, 6.07) is 8.91. The first-order valence-electron chi connectivity index (χ1n) is 6.34. The van der Waals surface area contributed by atoms with Crippen molar-refractivity contribution in [2.75, 3.05) is 5.32 Å². The number of phenolic OH excluding ortho intramolecular Hbond substituents is 1. The summed E-state index contributed by atoms with van der Waals surface area (Å²) in [7, 11) is 0. The van der Waals surface area contributed by atoms with Gasteiger partial charge in [-0.1, -0.05) is 0 Å². The molecule has 0 radical (unpaired) electrons. The van der Waals surface area contributed by atoms with Crippen molar-refractivity contribution >= 4 is 11.5 Å². The van der Waals surface area contributed by atoms with E-state index in [1.165, 1.54) is 0 Å². The Morgan fingerprint density at radius 3 is 2.65 bits per heavy atom. The Labute approximate surface area is 116 Å². The van der Waals surface area contributed by atoms with E-state index in [1.54, 1.807) is 12.1 Å². The van der Waals surface area contributed by atoms with Crippen LogP contribution in [-0.4, -0.2) is 24.7 Å². The van der Waals surface area contributed by atoms with Gasteiger partial charge in [0.1, 0.15) is 5.75 Å². The van der Waals surface area contributed by atoms with E-state index in [-0.39, 0.29) is 5.75 Å². The maximum Gasteiger partial charge on any atom is 0.255 e. The van der Waals surface area contributed by atoms with Crippen molar-refractivity contribution < 1.29 is 5.11 Å². The van der Waals surface area contributed by atoms with E-state index >= 15 is 0 Å². The van der Waals surface area contributed by atoms with Gasteiger partial charge in [-0.2, -0.15) is 0 Å². The lowest BCUT2D eigenvalue weighted by molar-refractivity contribution is 0.475. The second-order valence-corrected chi connectivity index (χ2v) is 4.69. The highest BCUT2D eigenvalue weighted by molar-refractivity contribution is 5.46. The van der Waals surface area contributed by atoms with Crippen molar-refractivity contribution in [3.8, 4) is 5.75 Å². The molecule has 102 valence electrons. The van der Waals surface area contributed by atoms with Gasteiger partial charge in [-0.3, -0.25) is 4.40 Å². The van der Waals surface area contributed by atoms with E-state index in [4.69, 9.17) is 0 Å². The summed E-state index contributed by atoms with van der Waals surface area (Å²) in [4.78, 5) is 4.35. The molecular formula is C14H15N5O. The molecule has 0 atom stereocenters. The van der Waals surface area contributed by atoms with Gasteiger partial charge in [-0.25, -0.2) is 4.98 Å². The smallest absolute Gasteiger partial charge is 0.255 e. The number of fused-ring (bicyclic) bond motifs is 1. The fourth-order valence-electron chi connectivity index (χ4n) is 2.17. The first-order valence-corrected chi connectivity index (χ1v) is 6.34. The maximum absolute atomic E-state index is 9.25. The van der Waals surface area contributed by atoms with Crippen molar-refractivity contribution in [1.29, 1.82) is 0 Å². The van der Waals surface area contributed by atoms with Gasteiger partial charge >= 0.3 is 0 Å². The van der Waals surface area contributed by atoms with Crippen molar-refractivity contribution in [1.82, 2.24) is 19.6 Å². The Balaban J connectivity index is 1.86. The lowest BCUT2D eigenvalue weighted by Gasteiger charge is -2.07. The minimum absolute atomic E-state index is 0.249. The van der Waals surface area contributed by atoms with E-state index in [0.29, 0.717) is 12.3 Å². The maximum atomic E-state index is 9.25. The van der Waals surface area contributed by atoms with Gasteiger partial charge in [0.25, 0.3) is 5.78 Å². The van der Waals surface area contributed by atoms with E-state index in [9.17, 15) is 5.11 Å². The van der Waals surface area contributed by atoms with Crippen LogP contribution in [0.25, 0.3) is 5.78 Å². The zero-order valence-electron chi connectivity index (χ0n) is 11.3. The van der Waals surface area contributed by atoms with Gasteiger partial charge < -0.3 is 10.4 Å². The van der Waals surface area contributed by atoms with Crippen LogP contribution in [0.2, 0.25) is 0 Å². The zero-order chi connectivity index (χ0) is 14.1. The van der Waals surface area contributed by atoms with Crippen molar-refractivity contribution in [3.05, 3.63) is 47.5 Å². The molecule has 6 nitrogen and oxygen atoms in total. The van der Waals surface area contributed by atoms with Gasteiger partial charge in [-0.15, -0.1) is 10.2 Å². The molecule has 20 heavy (non-hydrogen) atoms. The summed E-state index contributed by atoms with van der Waals surface area (Å²) >= 11 is 0. The number of rotatable bonds is 3. The Hall–Kier alpha value is -2.63. The quantitative estimate of drug-likeness (QED) is 0.712. The molecule has 3 rings (SSSR count). The summed E-state index contributed by atoms with van der Waals surface area (Å²) < 4.78 is 1.93. The topological polar surface area (TPSA) is 75.3 Å². The van der Waals surface area contributed by atoms with Crippen LogP contribution in [0.15, 0.2) is 30.3 Å². The molecule has 0 aliphatic carbocycles. The van der Waals surface area contributed by atoms with Crippen LogP contribution in [0.3, 0.4) is 0 Å². The third kappa shape index (κ3) is 2.27. The SMILES string of the molecule is Cc1cc(C)n2c(CNc3ccc(O)cc3)nnc2n1. The van der Waals surface area contributed by atoms with Crippen LogP contribution in [0.4, 0.5) is 5.69 Å². The number of hydrogen-bond acceptors (Lipinski definition) is 5. The molecule has 0 aliphatic heterocycles. The minimum atomic E-state index is 0.249. The second-order valence-electron chi connectivity index (χ2n) is 4.69. The van der Waals surface area contributed by atoms with Gasteiger partial charge in [-0.05, 0) is 44.2 Å². The predicted octanol–water partition coefficient (Wildman–Crippen LogP) is 2.06. The number of nitrogens with zero attached hydrogens (tertiary/aromatic N) is 4. The lowest BCUT2D eigenvalue weighted by atomic mass is 10.3. The fourth-order valence-corrected chi connectivity index (χ4v) is 2.17. The van der Waals surface area contributed by atoms with E-state index < -0.39 is 0 Å². The molecule has 1 aromatic carbocycles. The molecule has 0 spiro atoms. The van der Waals surface area contributed by atoms with Crippen LogP contribution in [0.5, 0.6) is 5.75 Å². The Morgan fingerprint density at radius 2 is 1.90 bits per heavy atom. The number of aryl methyl sites for hydroxylation is 2. The first kappa shape index (κ1) is 12.4. The minimum Gasteiger partial charge on any atom is -0.508 e. The summed E-state index contributed by atoms with van der Waals surface area (Å²) in [6.07, 6.45) is 0. The summed E-state index contributed by atoms with van der Waals surface area (Å²) in [5.41, 5.74) is 2.90. The Kier molecular flexibility index (Phi) is 2.98. The number of aromatic hydroxyl groups is 1. The number of nitrogens with one attached hydrogen (secondary N) is 1. The predicted molar refractivity (Wildman–Crippen MR) is 75.7 cm³/mol. The molecule has 0 bridgehead atoms. The molecule has 6 heteroatoms. The lowest BCUT2D eigenvalue weighted by Crippen LogP contribution is -2.06. The highest BCUT2D eigenvalue weighted by Crippen LogP contribution is 2.15. The fraction of sp³-hybridized carbons (Fsp3) is 0.214. The highest BCUT2D eigenvalue weighted by Gasteiger charge is 2.09. The highest BCUT2D eigenvalue weighted by atomic mass is 16.3. The van der Waals surface area contributed by atoms with Crippen LogP contribution in [0, 0.1) is 13.8 Å². The van der Waals surface area contributed by atoms with E-state index in [0.717, 1.165) is 22.9 Å². The number of benzene rings is 1. The average Bonchev–Trinajstić information content (AvgIpc) is 2.81. The van der Waals surface area contributed by atoms with Gasteiger partial charge in [0.15, 0.2) is 5.82 Å². The average molecular weight is 269 g/mol. The Bertz CT molecular complexity index is 748. The van der Waals surface area contributed by atoms with Gasteiger partial charge in [0.05, 0.1) is 6.54 Å². The number of phenols is 1. The molecule has 2 heterocycles. The van der Waals surface area contributed by atoms with Crippen LogP contribution in [-0.2, 0) is 6.54 Å². The largest absolute Gasteiger partial charge is 0.508 e. The van der Waals surface area contributed by atoms with Crippen molar-refractivity contribution in [3.63, 3.8) is 0 Å². The molecule has 0 saturated heterocycles. The molecule has 3 aromatic rings. The number of anilines is 1.